The van der Waals surface area contributed by atoms with Crippen molar-refractivity contribution in [1.29, 1.82) is 5.26 Å². The van der Waals surface area contributed by atoms with Gasteiger partial charge in [-0.15, -0.1) is 12.6 Å². The van der Waals surface area contributed by atoms with Crippen LogP contribution in [0.15, 0.2) is 24.4 Å². The van der Waals surface area contributed by atoms with Gasteiger partial charge in [0.05, 0.1) is 0 Å². The lowest BCUT2D eigenvalue weighted by atomic mass is 10.2. The van der Waals surface area contributed by atoms with Crippen molar-refractivity contribution >= 4 is 12.6 Å². The Morgan fingerprint density at radius 2 is 2.33 bits per heavy atom. The number of hydrogen-bond donors (Lipinski definition) is 2. The number of nitriles is 1. The number of thiol groups is 1. The normalized spacial score (nSPS) is 31.1. The fraction of sp³-hybridized carbons (Fsp3) is 0.167. The van der Waals surface area contributed by atoms with Crippen LogP contribution in [0, 0.1) is 11.3 Å². The van der Waals surface area contributed by atoms with E-state index in [1.165, 1.54) is 0 Å². The lowest BCUT2D eigenvalue weighted by molar-refractivity contribution is 0.787. The zero-order chi connectivity index (χ0) is 6.74. The summed E-state index contributed by atoms with van der Waals surface area (Å²) in [6, 6.07) is 2.00. The fourth-order valence-electron chi connectivity index (χ4n) is 0.543. The van der Waals surface area contributed by atoms with Crippen LogP contribution in [0.2, 0.25) is 0 Å². The Balaban J connectivity index is 2.77. The van der Waals surface area contributed by atoms with Gasteiger partial charge >= 0.3 is 0 Å². The first-order valence-corrected chi connectivity index (χ1v) is 2.97. The van der Waals surface area contributed by atoms with Crippen LogP contribution in [0.5, 0.6) is 0 Å². The van der Waals surface area contributed by atoms with Gasteiger partial charge in [0.2, 0.25) is 0 Å². The standard InChI is InChI=1S/C6H6N2S/c7-5-6(9)3-1-2-4-8-6/h1-4,8-9H. The third-order valence-corrected chi connectivity index (χ3v) is 1.40. The summed E-state index contributed by atoms with van der Waals surface area (Å²) in [5.74, 6) is 0. The van der Waals surface area contributed by atoms with Crippen molar-refractivity contribution in [2.45, 2.75) is 4.87 Å². The average molecular weight is 138 g/mol. The van der Waals surface area contributed by atoms with Crippen molar-refractivity contribution in [3.63, 3.8) is 0 Å². The van der Waals surface area contributed by atoms with Crippen LogP contribution in [-0.4, -0.2) is 4.87 Å². The highest BCUT2D eigenvalue weighted by atomic mass is 32.1. The Kier molecular flexibility index (Phi) is 1.50. The Labute approximate surface area is 59.3 Å². The SMILES string of the molecule is N#CC1(S)C=CC=CN1. The highest BCUT2D eigenvalue weighted by Gasteiger charge is 2.19. The van der Waals surface area contributed by atoms with Gasteiger partial charge in [-0.1, -0.05) is 6.08 Å². The lowest BCUT2D eigenvalue weighted by Crippen LogP contribution is -2.33. The molecule has 46 valence electrons. The first-order valence-electron chi connectivity index (χ1n) is 2.52. The number of dihydropyridines is 1. The Morgan fingerprint density at radius 1 is 1.56 bits per heavy atom. The summed E-state index contributed by atoms with van der Waals surface area (Å²) < 4.78 is 0. The number of rotatable bonds is 0. The van der Waals surface area contributed by atoms with Crippen molar-refractivity contribution in [3.8, 4) is 6.07 Å². The maximum absolute atomic E-state index is 8.48. The van der Waals surface area contributed by atoms with E-state index in [9.17, 15) is 0 Å². The van der Waals surface area contributed by atoms with E-state index < -0.39 is 4.87 Å². The molecule has 0 radical (unpaired) electrons. The van der Waals surface area contributed by atoms with Gasteiger partial charge in [-0.3, -0.25) is 0 Å². The highest BCUT2D eigenvalue weighted by molar-refractivity contribution is 7.82. The van der Waals surface area contributed by atoms with Gasteiger partial charge in [-0.05, 0) is 18.4 Å². The summed E-state index contributed by atoms with van der Waals surface area (Å²) in [5, 5.41) is 11.3. The van der Waals surface area contributed by atoms with E-state index in [2.05, 4.69) is 17.9 Å². The molecule has 1 aliphatic heterocycles. The van der Waals surface area contributed by atoms with Crippen LogP contribution in [0.1, 0.15) is 0 Å². The average Bonchev–Trinajstić information content (AvgIpc) is 1.90. The largest absolute Gasteiger partial charge is 0.362 e. The molecule has 1 unspecified atom stereocenters. The predicted octanol–water partition coefficient (Wildman–Crippen LogP) is 0.809. The smallest absolute Gasteiger partial charge is 0.188 e. The molecular formula is C6H6N2S. The van der Waals surface area contributed by atoms with Gasteiger partial charge in [-0.25, -0.2) is 0 Å². The molecule has 1 rings (SSSR count). The van der Waals surface area contributed by atoms with E-state index >= 15 is 0 Å². The molecule has 0 aromatic heterocycles. The van der Waals surface area contributed by atoms with Gasteiger partial charge in [0.15, 0.2) is 4.87 Å². The van der Waals surface area contributed by atoms with E-state index in [1.807, 2.05) is 12.1 Å². The van der Waals surface area contributed by atoms with E-state index in [0.717, 1.165) is 0 Å². The molecule has 1 atom stereocenters. The van der Waals surface area contributed by atoms with Crippen LogP contribution in [0.25, 0.3) is 0 Å². The molecule has 0 spiro atoms. The Hall–Kier alpha value is -0.880. The van der Waals surface area contributed by atoms with Crippen molar-refractivity contribution < 1.29 is 0 Å². The molecule has 0 aromatic carbocycles. The van der Waals surface area contributed by atoms with E-state index in [0.29, 0.717) is 0 Å². The van der Waals surface area contributed by atoms with Crippen LogP contribution in [0.4, 0.5) is 0 Å². The number of nitrogens with one attached hydrogen (secondary N) is 1. The summed E-state index contributed by atoms with van der Waals surface area (Å²) in [6.45, 7) is 0. The van der Waals surface area contributed by atoms with Crippen LogP contribution < -0.4 is 5.32 Å². The molecular weight excluding hydrogens is 132 g/mol. The summed E-state index contributed by atoms with van der Waals surface area (Å²) in [4.78, 5) is -0.797. The summed E-state index contributed by atoms with van der Waals surface area (Å²) in [6.07, 6.45) is 6.98. The number of nitrogens with zero attached hydrogens (tertiary/aromatic N) is 1. The first-order chi connectivity index (χ1) is 4.27. The molecule has 1 N–H and O–H groups in total. The van der Waals surface area contributed by atoms with Gasteiger partial charge in [0.1, 0.15) is 6.07 Å². The maximum atomic E-state index is 8.48. The molecule has 9 heavy (non-hydrogen) atoms. The monoisotopic (exact) mass is 138 g/mol. The third kappa shape index (κ3) is 1.27. The zero-order valence-electron chi connectivity index (χ0n) is 4.70. The highest BCUT2D eigenvalue weighted by Crippen LogP contribution is 2.13. The van der Waals surface area contributed by atoms with Crippen LogP contribution in [-0.2, 0) is 0 Å². The maximum Gasteiger partial charge on any atom is 0.188 e. The third-order valence-electron chi connectivity index (χ3n) is 1.02. The van der Waals surface area contributed by atoms with Crippen LogP contribution in [0.3, 0.4) is 0 Å². The summed E-state index contributed by atoms with van der Waals surface area (Å²) in [7, 11) is 0. The van der Waals surface area contributed by atoms with Crippen molar-refractivity contribution in [3.05, 3.63) is 24.4 Å². The molecule has 0 aliphatic carbocycles. The predicted molar refractivity (Wildman–Crippen MR) is 38.7 cm³/mol. The first kappa shape index (κ1) is 6.24. The minimum atomic E-state index is -0.797. The summed E-state index contributed by atoms with van der Waals surface area (Å²) in [5.41, 5.74) is 0. The molecule has 1 heterocycles. The topological polar surface area (TPSA) is 35.8 Å². The van der Waals surface area contributed by atoms with Crippen molar-refractivity contribution in [1.82, 2.24) is 5.32 Å². The van der Waals surface area contributed by atoms with Crippen molar-refractivity contribution in [2.75, 3.05) is 0 Å². The van der Waals surface area contributed by atoms with Gasteiger partial charge < -0.3 is 5.32 Å². The number of allylic oxidation sites excluding steroid dienone is 2. The van der Waals surface area contributed by atoms with Crippen molar-refractivity contribution in [2.24, 2.45) is 0 Å². The second kappa shape index (κ2) is 2.16. The summed E-state index contributed by atoms with van der Waals surface area (Å²) >= 11 is 4.04. The zero-order valence-corrected chi connectivity index (χ0v) is 5.60. The fourth-order valence-corrected chi connectivity index (χ4v) is 0.704. The van der Waals surface area contributed by atoms with E-state index in [-0.39, 0.29) is 0 Å². The molecule has 0 saturated carbocycles. The molecule has 0 bridgehead atoms. The molecule has 0 aromatic rings. The van der Waals surface area contributed by atoms with E-state index in [1.54, 1.807) is 18.4 Å². The lowest BCUT2D eigenvalue weighted by Gasteiger charge is -2.17. The second-order valence-corrected chi connectivity index (χ2v) is 2.45. The minimum Gasteiger partial charge on any atom is -0.362 e. The van der Waals surface area contributed by atoms with Gasteiger partial charge in [0.25, 0.3) is 0 Å². The Bertz CT molecular complexity index is 202. The van der Waals surface area contributed by atoms with E-state index in [4.69, 9.17) is 5.26 Å². The number of hydrogen-bond acceptors (Lipinski definition) is 3. The second-order valence-electron chi connectivity index (χ2n) is 1.74. The minimum absolute atomic E-state index is 0.797. The molecule has 0 fully saturated rings. The Morgan fingerprint density at radius 3 is 2.67 bits per heavy atom. The molecule has 0 amide bonds. The molecule has 1 aliphatic rings. The molecule has 0 saturated heterocycles. The van der Waals surface area contributed by atoms with Gasteiger partial charge in [-0.2, -0.15) is 5.26 Å². The van der Waals surface area contributed by atoms with Crippen LogP contribution >= 0.6 is 12.6 Å². The molecule has 3 heteroatoms. The van der Waals surface area contributed by atoms with Gasteiger partial charge in [0, 0.05) is 0 Å². The quantitative estimate of drug-likeness (QED) is 0.486. The molecule has 2 nitrogen and oxygen atoms in total.